The van der Waals surface area contributed by atoms with Gasteiger partial charge in [-0.05, 0) is 0 Å². The van der Waals surface area contributed by atoms with Crippen LogP contribution < -0.4 is 9.80 Å². The van der Waals surface area contributed by atoms with Gasteiger partial charge in [0.1, 0.15) is 5.82 Å². The largest absolute Gasteiger partial charge is 0.476 e. The van der Waals surface area contributed by atoms with Crippen molar-refractivity contribution in [2.45, 2.75) is 0 Å². The molecule has 1 aliphatic rings. The zero-order valence-corrected chi connectivity index (χ0v) is 11.7. The van der Waals surface area contributed by atoms with Crippen molar-refractivity contribution in [2.24, 2.45) is 7.05 Å². The molecule has 110 valence electrons. The topological polar surface area (TPSA) is 87.4 Å². The highest BCUT2D eigenvalue weighted by Crippen LogP contribution is 2.17. The number of carboxylic acid groups (broad SMARTS) is 1. The lowest BCUT2D eigenvalue weighted by molar-refractivity contribution is 0.0690. The van der Waals surface area contributed by atoms with Crippen LogP contribution in [0.5, 0.6) is 0 Å². The first-order valence-corrected chi connectivity index (χ1v) is 6.67. The molecule has 0 radical (unpaired) electrons. The third-order valence-corrected chi connectivity index (χ3v) is 3.52. The van der Waals surface area contributed by atoms with Gasteiger partial charge in [-0.3, -0.25) is 4.68 Å². The van der Waals surface area contributed by atoms with E-state index in [9.17, 15) is 4.79 Å². The Hall–Kier alpha value is -2.64. The van der Waals surface area contributed by atoms with Crippen LogP contribution in [0.25, 0.3) is 0 Å². The third-order valence-electron chi connectivity index (χ3n) is 3.52. The number of piperazine rings is 1. The molecule has 8 heteroatoms. The smallest absolute Gasteiger partial charge is 0.356 e. The Morgan fingerprint density at radius 2 is 1.81 bits per heavy atom. The van der Waals surface area contributed by atoms with Crippen molar-refractivity contribution >= 4 is 17.5 Å². The number of anilines is 2. The maximum absolute atomic E-state index is 10.8. The predicted octanol–water partition coefficient (Wildman–Crippen LogP) is 0.235. The second-order valence-corrected chi connectivity index (χ2v) is 4.91. The third kappa shape index (κ3) is 2.78. The van der Waals surface area contributed by atoms with E-state index in [0.29, 0.717) is 5.82 Å². The van der Waals surface area contributed by atoms with Gasteiger partial charge in [0, 0.05) is 39.4 Å². The molecule has 3 heterocycles. The van der Waals surface area contributed by atoms with Gasteiger partial charge in [0.05, 0.1) is 24.3 Å². The summed E-state index contributed by atoms with van der Waals surface area (Å²) in [4.78, 5) is 23.2. The lowest BCUT2D eigenvalue weighted by atomic mass is 10.3. The molecular formula is C13H16N6O2. The molecule has 1 saturated heterocycles. The van der Waals surface area contributed by atoms with Crippen molar-refractivity contribution < 1.29 is 9.90 Å². The Kier molecular flexibility index (Phi) is 3.43. The molecule has 0 atom stereocenters. The highest BCUT2D eigenvalue weighted by molar-refractivity contribution is 5.84. The van der Waals surface area contributed by atoms with Gasteiger partial charge >= 0.3 is 5.97 Å². The first-order valence-electron chi connectivity index (χ1n) is 6.67. The van der Waals surface area contributed by atoms with Crippen molar-refractivity contribution in [2.75, 3.05) is 36.0 Å². The summed E-state index contributed by atoms with van der Waals surface area (Å²) >= 11 is 0. The van der Waals surface area contributed by atoms with Crippen LogP contribution in [0, 0.1) is 0 Å². The van der Waals surface area contributed by atoms with Crippen molar-refractivity contribution in [3.63, 3.8) is 0 Å². The summed E-state index contributed by atoms with van der Waals surface area (Å²) in [6.07, 6.45) is 6.67. The molecule has 1 fully saturated rings. The number of carboxylic acids is 1. The first kappa shape index (κ1) is 13.3. The van der Waals surface area contributed by atoms with Gasteiger partial charge in [-0.2, -0.15) is 5.10 Å². The highest BCUT2D eigenvalue weighted by atomic mass is 16.4. The second kappa shape index (κ2) is 5.39. The molecule has 0 bridgehead atoms. The van der Waals surface area contributed by atoms with E-state index in [2.05, 4.69) is 24.9 Å². The number of aryl methyl sites for hydroxylation is 1. The molecule has 0 amide bonds. The van der Waals surface area contributed by atoms with Crippen LogP contribution in [-0.4, -0.2) is 57.0 Å². The van der Waals surface area contributed by atoms with Crippen LogP contribution in [0.1, 0.15) is 10.5 Å². The summed E-state index contributed by atoms with van der Waals surface area (Å²) in [5.41, 5.74) is 1.08. The van der Waals surface area contributed by atoms with E-state index >= 15 is 0 Å². The van der Waals surface area contributed by atoms with Crippen LogP contribution in [0.4, 0.5) is 11.5 Å². The van der Waals surface area contributed by atoms with Gasteiger partial charge in [-0.1, -0.05) is 0 Å². The van der Waals surface area contributed by atoms with Crippen LogP contribution in [0.2, 0.25) is 0 Å². The normalized spacial score (nSPS) is 15.3. The van der Waals surface area contributed by atoms with Crippen LogP contribution >= 0.6 is 0 Å². The van der Waals surface area contributed by atoms with Crippen LogP contribution in [-0.2, 0) is 7.05 Å². The average Bonchev–Trinajstić information content (AvgIpc) is 2.94. The van der Waals surface area contributed by atoms with E-state index in [1.165, 1.54) is 12.4 Å². The van der Waals surface area contributed by atoms with Crippen molar-refractivity contribution in [3.05, 3.63) is 30.5 Å². The van der Waals surface area contributed by atoms with E-state index in [4.69, 9.17) is 5.11 Å². The summed E-state index contributed by atoms with van der Waals surface area (Å²) in [7, 11) is 1.90. The lowest BCUT2D eigenvalue weighted by Crippen LogP contribution is -2.46. The number of carbonyl (C=O) groups is 1. The van der Waals surface area contributed by atoms with Gasteiger partial charge in [0.15, 0.2) is 5.69 Å². The lowest BCUT2D eigenvalue weighted by Gasteiger charge is -2.35. The number of hydrogen-bond donors (Lipinski definition) is 1. The number of aromatic carboxylic acids is 1. The first-order chi connectivity index (χ1) is 10.1. The van der Waals surface area contributed by atoms with Crippen molar-refractivity contribution in [1.29, 1.82) is 0 Å². The summed E-state index contributed by atoms with van der Waals surface area (Å²) in [6.45, 7) is 3.37. The Bertz CT molecular complexity index is 630. The summed E-state index contributed by atoms with van der Waals surface area (Å²) in [5.74, 6) is -0.346. The van der Waals surface area contributed by atoms with Gasteiger partial charge < -0.3 is 14.9 Å². The van der Waals surface area contributed by atoms with Gasteiger partial charge in [0.2, 0.25) is 0 Å². The maximum Gasteiger partial charge on any atom is 0.356 e. The molecule has 2 aromatic rings. The quantitative estimate of drug-likeness (QED) is 0.865. The number of nitrogens with zero attached hydrogens (tertiary/aromatic N) is 6. The number of rotatable bonds is 3. The molecule has 3 rings (SSSR count). The van der Waals surface area contributed by atoms with Gasteiger partial charge in [-0.15, -0.1) is 0 Å². The van der Waals surface area contributed by atoms with Gasteiger partial charge in [-0.25, -0.2) is 14.8 Å². The van der Waals surface area contributed by atoms with Crippen molar-refractivity contribution in [1.82, 2.24) is 19.7 Å². The Morgan fingerprint density at radius 3 is 2.33 bits per heavy atom. The van der Waals surface area contributed by atoms with E-state index in [1.807, 2.05) is 19.4 Å². The molecule has 1 aliphatic heterocycles. The molecule has 1 N–H and O–H groups in total. The van der Waals surface area contributed by atoms with Gasteiger partial charge in [0.25, 0.3) is 0 Å². The Labute approximate surface area is 121 Å². The summed E-state index contributed by atoms with van der Waals surface area (Å²) in [6, 6.07) is 0. The summed E-state index contributed by atoms with van der Waals surface area (Å²) < 4.78 is 1.79. The average molecular weight is 288 g/mol. The van der Waals surface area contributed by atoms with Crippen LogP contribution in [0.3, 0.4) is 0 Å². The molecule has 21 heavy (non-hydrogen) atoms. The molecule has 0 saturated carbocycles. The standard InChI is InChI=1S/C13H16N6O2/c1-17-9-10(6-16-17)18-2-4-19(5-3-18)12-8-14-11(7-15-12)13(20)21/h6-9H,2-5H2,1H3,(H,20,21). The zero-order chi connectivity index (χ0) is 14.8. The Balaban J connectivity index is 1.64. The summed E-state index contributed by atoms with van der Waals surface area (Å²) in [5, 5.41) is 13.0. The maximum atomic E-state index is 10.8. The highest BCUT2D eigenvalue weighted by Gasteiger charge is 2.19. The van der Waals surface area contributed by atoms with Crippen LogP contribution in [0.15, 0.2) is 24.8 Å². The van der Waals surface area contributed by atoms with Crippen molar-refractivity contribution in [3.8, 4) is 0 Å². The predicted molar refractivity (Wildman–Crippen MR) is 76.6 cm³/mol. The number of aromatic nitrogens is 4. The van der Waals surface area contributed by atoms with E-state index < -0.39 is 5.97 Å². The molecule has 8 nitrogen and oxygen atoms in total. The monoisotopic (exact) mass is 288 g/mol. The fourth-order valence-electron chi connectivity index (χ4n) is 2.36. The molecule has 2 aromatic heterocycles. The fourth-order valence-corrected chi connectivity index (χ4v) is 2.36. The molecular weight excluding hydrogens is 272 g/mol. The molecule has 0 aliphatic carbocycles. The molecule has 0 aromatic carbocycles. The molecule has 0 unspecified atom stereocenters. The molecule has 0 spiro atoms. The Morgan fingerprint density at radius 1 is 1.10 bits per heavy atom. The minimum absolute atomic E-state index is 0.0345. The fraction of sp³-hybridized carbons (Fsp3) is 0.385. The number of hydrogen-bond acceptors (Lipinski definition) is 6. The van der Waals surface area contributed by atoms with E-state index in [1.54, 1.807) is 4.68 Å². The van der Waals surface area contributed by atoms with E-state index in [0.717, 1.165) is 31.9 Å². The SMILES string of the molecule is Cn1cc(N2CCN(c3cnc(C(=O)O)cn3)CC2)cn1. The van der Waals surface area contributed by atoms with E-state index in [-0.39, 0.29) is 5.69 Å². The second-order valence-electron chi connectivity index (χ2n) is 4.91. The zero-order valence-electron chi connectivity index (χ0n) is 11.7. The minimum Gasteiger partial charge on any atom is -0.476 e. The minimum atomic E-state index is -1.06.